The summed E-state index contributed by atoms with van der Waals surface area (Å²) in [6.45, 7) is 20.0. The van der Waals surface area contributed by atoms with Crippen LogP contribution in [-0.2, 0) is 61.9 Å². The number of rotatable bonds is 18. The van der Waals surface area contributed by atoms with Gasteiger partial charge in [0.2, 0.25) is 23.6 Å². The number of carbonyl (C=O) groups is 10. The molecule has 4 aliphatic carbocycles. The van der Waals surface area contributed by atoms with Crippen LogP contribution in [0.3, 0.4) is 0 Å². The number of methoxy groups -OCH3 is 2. The Morgan fingerprint density at radius 1 is 0.364 bits per heavy atom. The maximum Gasteiger partial charge on any atom is 0.407 e. The Kier molecular flexibility index (Phi) is 17.7. The fraction of sp³-hybridized carbons (Fsp3) is 0.808. The molecule has 0 aromatic carbocycles. The van der Waals surface area contributed by atoms with E-state index in [-0.39, 0.29) is 65.2 Å². The van der Waals surface area contributed by atoms with E-state index in [9.17, 15) is 47.9 Å². The van der Waals surface area contributed by atoms with Crippen LogP contribution in [0.15, 0.2) is 0 Å². The van der Waals surface area contributed by atoms with Crippen molar-refractivity contribution in [1.29, 1.82) is 0 Å². The summed E-state index contributed by atoms with van der Waals surface area (Å²) >= 11 is 0. The van der Waals surface area contributed by atoms with Crippen LogP contribution in [0.4, 0.5) is 19.2 Å². The molecule has 432 valence electrons. The van der Waals surface area contributed by atoms with Gasteiger partial charge in [0.05, 0.1) is 37.9 Å². The second-order valence-electron chi connectivity index (χ2n) is 24.9. The quantitative estimate of drug-likeness (QED) is 0.0550. The molecule has 6 rings (SSSR count). The average molecular weight is 1090 g/mol. The predicted molar refractivity (Wildman–Crippen MR) is 271 cm³/mol. The van der Waals surface area contributed by atoms with Crippen LogP contribution in [0.5, 0.6) is 0 Å². The molecule has 6 fully saturated rings. The van der Waals surface area contributed by atoms with Crippen molar-refractivity contribution in [1.82, 2.24) is 42.5 Å². The number of amides is 8. The molecule has 2 saturated heterocycles. The Morgan fingerprint density at radius 2 is 0.558 bits per heavy atom. The summed E-state index contributed by atoms with van der Waals surface area (Å²) < 4.78 is 39.7. The average Bonchev–Trinajstić information content (AvgIpc) is 4.15. The lowest BCUT2D eigenvalue weighted by atomic mass is 9.46. The summed E-state index contributed by atoms with van der Waals surface area (Å²) in [6, 6.07) is 0. The smallest absolute Gasteiger partial charge is 0.407 e. The second kappa shape index (κ2) is 22.7. The molecular weight excluding hydrogens is 1010 g/mol. The van der Waals surface area contributed by atoms with Crippen LogP contribution < -0.4 is 42.5 Å². The Labute approximate surface area is 449 Å². The van der Waals surface area contributed by atoms with Crippen LogP contribution in [0.1, 0.15) is 95.9 Å². The molecule has 25 heteroatoms. The van der Waals surface area contributed by atoms with E-state index in [0.717, 1.165) is 0 Å². The van der Waals surface area contributed by atoms with Gasteiger partial charge in [-0.15, -0.1) is 0 Å². The molecule has 6 aliphatic rings. The number of ether oxygens (including phenoxy) is 7. The van der Waals surface area contributed by atoms with E-state index in [1.807, 2.05) is 0 Å². The SMILES string of the molecule is COC(=O)C12OC(C(=O)OC)([C@@H]3[C@@H]4C[C@@H]([C@H](C(=O)NCCNC(=O)OC(C)(C)C)[C@@H]4C(=O)NCCNC(=O)OC(C)(C)C)[C@@H]31)[C@H]1[C@H]3C[C@H]([C@@H](C(=O)NCCNC(=O)OC(C)(C)C)[C@H]3C(=O)NCCNC(=O)OC(C)(C)C)[C@H]12. The van der Waals surface area contributed by atoms with Gasteiger partial charge in [0, 0.05) is 76.0 Å². The fourth-order valence-electron chi connectivity index (χ4n) is 13.7. The zero-order valence-electron chi connectivity index (χ0n) is 46.9. The van der Waals surface area contributed by atoms with Gasteiger partial charge >= 0.3 is 36.3 Å². The van der Waals surface area contributed by atoms with Gasteiger partial charge in [-0.1, -0.05) is 0 Å². The summed E-state index contributed by atoms with van der Waals surface area (Å²) in [4.78, 5) is 139. The summed E-state index contributed by atoms with van der Waals surface area (Å²) in [5, 5.41) is 21.8. The van der Waals surface area contributed by atoms with E-state index in [2.05, 4.69) is 42.5 Å². The van der Waals surface area contributed by atoms with Gasteiger partial charge in [-0.3, -0.25) is 19.2 Å². The van der Waals surface area contributed by atoms with E-state index in [0.29, 0.717) is 0 Å². The van der Waals surface area contributed by atoms with Crippen molar-refractivity contribution in [3.05, 3.63) is 0 Å². The first-order valence-corrected chi connectivity index (χ1v) is 26.6. The zero-order valence-corrected chi connectivity index (χ0v) is 46.9. The van der Waals surface area contributed by atoms with Crippen molar-refractivity contribution < 1.29 is 81.1 Å². The Hall–Kier alpha value is -6.14. The van der Waals surface area contributed by atoms with Gasteiger partial charge in [0.25, 0.3) is 0 Å². The van der Waals surface area contributed by atoms with E-state index >= 15 is 0 Å². The van der Waals surface area contributed by atoms with Gasteiger partial charge in [0.15, 0.2) is 11.2 Å². The third kappa shape index (κ3) is 12.6. The maximum absolute atomic E-state index is 15.0. The molecule has 2 aliphatic heterocycles. The summed E-state index contributed by atoms with van der Waals surface area (Å²) in [5.41, 5.74) is -7.10. The zero-order chi connectivity index (χ0) is 57.4. The predicted octanol–water partition coefficient (Wildman–Crippen LogP) is 1.65. The fourth-order valence-corrected chi connectivity index (χ4v) is 13.7. The van der Waals surface area contributed by atoms with Crippen molar-refractivity contribution in [2.75, 3.05) is 66.6 Å². The maximum atomic E-state index is 15.0. The number of alkyl carbamates (subject to hydrolysis) is 4. The first-order valence-electron chi connectivity index (χ1n) is 26.6. The minimum atomic E-state index is -1.98. The van der Waals surface area contributed by atoms with Gasteiger partial charge in [-0.2, -0.15) is 0 Å². The number of hydrogen-bond donors (Lipinski definition) is 8. The Morgan fingerprint density at radius 3 is 0.740 bits per heavy atom. The van der Waals surface area contributed by atoms with Crippen molar-refractivity contribution >= 4 is 59.9 Å². The van der Waals surface area contributed by atoms with Gasteiger partial charge < -0.3 is 75.7 Å². The van der Waals surface area contributed by atoms with Crippen molar-refractivity contribution in [3.8, 4) is 0 Å². The summed E-state index contributed by atoms with van der Waals surface area (Å²) in [7, 11) is 2.35. The highest BCUT2D eigenvalue weighted by Gasteiger charge is 2.92. The molecular formula is C52H82N8O17. The molecule has 14 atom stereocenters. The molecule has 6 bridgehead atoms. The monoisotopic (exact) mass is 1090 g/mol. The summed E-state index contributed by atoms with van der Waals surface area (Å²) in [5.74, 6) is -15.4. The minimum absolute atomic E-state index is 0.0380. The van der Waals surface area contributed by atoms with Crippen molar-refractivity contribution in [3.63, 3.8) is 0 Å². The minimum Gasteiger partial charge on any atom is -0.467 e. The van der Waals surface area contributed by atoms with E-state index in [4.69, 9.17) is 33.2 Å². The van der Waals surface area contributed by atoms with Crippen molar-refractivity contribution in [2.45, 2.75) is 130 Å². The molecule has 2 unspecified atom stereocenters. The van der Waals surface area contributed by atoms with Gasteiger partial charge in [-0.05, 0) is 120 Å². The van der Waals surface area contributed by atoms with E-state index < -0.39 is 165 Å². The van der Waals surface area contributed by atoms with Crippen LogP contribution in [-0.4, -0.2) is 160 Å². The van der Waals surface area contributed by atoms with Crippen molar-refractivity contribution in [2.24, 2.45) is 71.0 Å². The number of esters is 2. The Bertz CT molecular complexity index is 2010. The lowest BCUT2D eigenvalue weighted by Gasteiger charge is -2.53. The Balaban J connectivity index is 1.36. The topological polar surface area (TPSA) is 332 Å². The largest absolute Gasteiger partial charge is 0.467 e. The van der Waals surface area contributed by atoms with Gasteiger partial charge in [-0.25, -0.2) is 28.8 Å². The molecule has 0 aromatic heterocycles. The molecule has 0 radical (unpaired) electrons. The molecule has 25 nitrogen and oxygen atoms in total. The van der Waals surface area contributed by atoms with E-state index in [1.165, 1.54) is 14.2 Å². The number of nitrogens with one attached hydrogen (secondary N) is 8. The molecule has 0 aromatic rings. The normalized spacial score (nSPS) is 31.1. The molecule has 2 heterocycles. The summed E-state index contributed by atoms with van der Waals surface area (Å²) in [6.07, 6.45) is -2.48. The molecule has 0 spiro atoms. The third-order valence-electron chi connectivity index (χ3n) is 15.2. The van der Waals surface area contributed by atoms with Gasteiger partial charge in [0.1, 0.15) is 22.4 Å². The van der Waals surface area contributed by atoms with Crippen LogP contribution in [0.25, 0.3) is 0 Å². The molecule has 8 N–H and O–H groups in total. The molecule has 4 saturated carbocycles. The number of fused-ring (bicyclic) bond motifs is 16. The first kappa shape index (κ1) is 60.1. The lowest BCUT2D eigenvalue weighted by molar-refractivity contribution is -0.188. The highest BCUT2D eigenvalue weighted by Crippen LogP contribution is 2.82. The third-order valence-corrected chi connectivity index (χ3v) is 15.2. The standard InChI is InChI=1S/C52H82N8O17/c1-47(2,3)73-43(67)57-19-15-53-37(61)29-25-23-26(30(29)38(62)54-16-20-58-44(68)74-48(4,5)6)34-33(25)51(41(65)71-13)35-27-24-28(36(35)52(34,77-51)42(66)72-14)32(40(64)56-18-22-60-46(70)76-50(10,11)12)31(27)39(63)55-17-21-59-45(69)75-49(7,8)9/h25-36H,15-24H2,1-14H3,(H,53,61)(H,54,62)(H,55,63)(H,56,64)(H,57,67)(H,58,68)(H,59,69)(H,60,70)/t25-,26+,27+,28-,29-,30+,31+,32-,33-,34+,35+,36-,51?,52?. The van der Waals surface area contributed by atoms with Crippen LogP contribution in [0, 0.1) is 71.0 Å². The van der Waals surface area contributed by atoms with Crippen LogP contribution in [0.2, 0.25) is 0 Å². The van der Waals surface area contributed by atoms with Crippen LogP contribution >= 0.6 is 0 Å². The molecule has 77 heavy (non-hydrogen) atoms. The first-order chi connectivity index (χ1) is 35.7. The lowest BCUT2D eigenvalue weighted by Crippen LogP contribution is -2.66. The second-order valence-corrected chi connectivity index (χ2v) is 24.9. The van der Waals surface area contributed by atoms with E-state index in [1.54, 1.807) is 83.1 Å². The highest BCUT2D eigenvalue weighted by atomic mass is 16.6. The highest BCUT2D eigenvalue weighted by molar-refractivity contribution is 5.95. The number of hydrogen-bond acceptors (Lipinski definition) is 17. The number of carbonyl (C=O) groups excluding carboxylic acids is 10. The molecule has 8 amide bonds.